The van der Waals surface area contributed by atoms with Crippen molar-refractivity contribution in [1.82, 2.24) is 0 Å². The Balaban J connectivity index is 3.33. The lowest BCUT2D eigenvalue weighted by molar-refractivity contribution is -0.387. The molecule has 1 aromatic rings. The topological polar surface area (TPSA) is 43.1 Å². The summed E-state index contributed by atoms with van der Waals surface area (Å²) >= 11 is 2.54. The lowest BCUT2D eigenvalue weighted by atomic mass is 10.2. The zero-order valence-electron chi connectivity index (χ0n) is 6.51. The molecule has 0 aliphatic heterocycles. The summed E-state index contributed by atoms with van der Waals surface area (Å²) in [6.07, 6.45) is -2.88. The van der Waals surface area contributed by atoms with Gasteiger partial charge in [-0.25, -0.2) is 8.78 Å². The molecule has 0 aromatic heterocycles. The predicted molar refractivity (Wildman–Crippen MR) is 45.7 cm³/mol. The predicted octanol–water partition coefficient (Wildman–Crippen LogP) is 3.43. The summed E-state index contributed by atoms with van der Waals surface area (Å²) in [7, 11) is 0. The van der Waals surface area contributed by atoms with Gasteiger partial charge in [0.25, 0.3) is 6.43 Å². The molecule has 1 aromatic carbocycles. The molecule has 7 heteroatoms. The van der Waals surface area contributed by atoms with Crippen LogP contribution in [0.2, 0.25) is 0 Å². The van der Waals surface area contributed by atoms with Gasteiger partial charge < -0.3 is 0 Å². The minimum absolute atomic E-state index is 0.568. The van der Waals surface area contributed by atoms with Crippen LogP contribution in [0.5, 0.6) is 0 Å². The van der Waals surface area contributed by atoms with Crippen LogP contribution < -0.4 is 0 Å². The first kappa shape index (κ1) is 11.0. The molecule has 0 fully saturated rings. The number of alkyl halides is 2. The van der Waals surface area contributed by atoms with Crippen LogP contribution in [-0.4, -0.2) is 4.92 Å². The number of nitrogens with zero attached hydrogens (tertiary/aromatic N) is 1. The highest BCUT2D eigenvalue weighted by atomic mass is 79.9. The third-order valence-corrected chi connectivity index (χ3v) is 2.33. The summed E-state index contributed by atoms with van der Waals surface area (Å²) < 4.78 is 36.8. The Morgan fingerprint density at radius 3 is 2.43 bits per heavy atom. The van der Waals surface area contributed by atoms with Gasteiger partial charge >= 0.3 is 5.69 Å². The Bertz CT molecular complexity index is 383. The molecule has 0 heterocycles. The summed E-state index contributed by atoms with van der Waals surface area (Å²) in [5.74, 6) is -1.28. The number of nitro groups is 1. The van der Waals surface area contributed by atoms with Crippen LogP contribution in [0.1, 0.15) is 12.0 Å². The third-order valence-electron chi connectivity index (χ3n) is 1.52. The largest absolute Gasteiger partial charge is 0.305 e. The minimum atomic E-state index is -2.88. The Kier molecular flexibility index (Phi) is 3.10. The van der Waals surface area contributed by atoms with E-state index in [1.54, 1.807) is 0 Å². The third kappa shape index (κ3) is 1.87. The maximum atomic E-state index is 13.1. The van der Waals surface area contributed by atoms with Gasteiger partial charge in [0.2, 0.25) is 5.82 Å². The monoisotopic (exact) mass is 269 g/mol. The summed E-state index contributed by atoms with van der Waals surface area (Å²) in [4.78, 5) is 9.24. The van der Waals surface area contributed by atoms with Crippen molar-refractivity contribution < 1.29 is 18.1 Å². The molecule has 76 valence electrons. The molecule has 0 radical (unpaired) electrons. The zero-order valence-corrected chi connectivity index (χ0v) is 8.09. The van der Waals surface area contributed by atoms with Gasteiger partial charge in [0, 0.05) is 11.6 Å². The Morgan fingerprint density at radius 2 is 2.00 bits per heavy atom. The maximum absolute atomic E-state index is 13.1. The second-order valence-electron chi connectivity index (χ2n) is 2.36. The highest BCUT2D eigenvalue weighted by Gasteiger charge is 2.22. The fraction of sp³-hybridized carbons (Fsp3) is 0.143. The molecule has 1 rings (SSSR count). The summed E-state index contributed by atoms with van der Waals surface area (Å²) in [6, 6.07) is 1.53. The molecule has 0 saturated carbocycles. The van der Waals surface area contributed by atoms with E-state index in [0.29, 0.717) is 6.07 Å². The summed E-state index contributed by atoms with van der Waals surface area (Å²) in [5.41, 5.74) is -1.44. The first-order chi connectivity index (χ1) is 6.45. The number of hydrogen-bond acceptors (Lipinski definition) is 2. The first-order valence-corrected chi connectivity index (χ1v) is 4.15. The van der Waals surface area contributed by atoms with E-state index in [0.717, 1.165) is 6.07 Å². The van der Waals surface area contributed by atoms with Crippen LogP contribution >= 0.6 is 15.9 Å². The van der Waals surface area contributed by atoms with Crippen LogP contribution in [0.4, 0.5) is 18.9 Å². The molecule has 0 amide bonds. The van der Waals surface area contributed by atoms with Crippen molar-refractivity contribution in [1.29, 1.82) is 0 Å². The highest BCUT2D eigenvalue weighted by Crippen LogP contribution is 2.33. The lowest BCUT2D eigenvalue weighted by Gasteiger charge is -2.03. The molecule has 0 aliphatic carbocycles. The smallest absolute Gasteiger partial charge is 0.258 e. The standard InChI is InChI=1S/C7H3BrF3NO2/c8-5-3(7(10)11)1-2-4(6(5)9)12(13)14/h1-2,7H. The zero-order chi connectivity index (χ0) is 10.9. The number of rotatable bonds is 2. The van der Waals surface area contributed by atoms with E-state index in [1.807, 2.05) is 0 Å². The van der Waals surface area contributed by atoms with Gasteiger partial charge in [-0.2, -0.15) is 4.39 Å². The Labute approximate surface area is 84.8 Å². The molecule has 14 heavy (non-hydrogen) atoms. The Morgan fingerprint density at radius 1 is 1.43 bits per heavy atom. The van der Waals surface area contributed by atoms with Crippen LogP contribution in [0.25, 0.3) is 0 Å². The van der Waals surface area contributed by atoms with Gasteiger partial charge in [-0.1, -0.05) is 0 Å². The second-order valence-corrected chi connectivity index (χ2v) is 3.15. The number of hydrogen-bond donors (Lipinski definition) is 0. The molecule has 3 nitrogen and oxygen atoms in total. The van der Waals surface area contributed by atoms with Crippen molar-refractivity contribution in [3.8, 4) is 0 Å². The van der Waals surface area contributed by atoms with Crippen molar-refractivity contribution in [2.45, 2.75) is 6.43 Å². The van der Waals surface area contributed by atoms with Gasteiger partial charge in [-0.3, -0.25) is 10.1 Å². The molecule has 0 spiro atoms. The first-order valence-electron chi connectivity index (χ1n) is 3.35. The molecule has 0 N–H and O–H groups in total. The quantitative estimate of drug-likeness (QED) is 0.610. The van der Waals surface area contributed by atoms with Crippen molar-refractivity contribution in [2.75, 3.05) is 0 Å². The van der Waals surface area contributed by atoms with Gasteiger partial charge in [-0.15, -0.1) is 0 Å². The highest BCUT2D eigenvalue weighted by molar-refractivity contribution is 9.10. The number of nitro benzene ring substituents is 1. The van der Waals surface area contributed by atoms with Gasteiger partial charge in [0.05, 0.1) is 9.40 Å². The van der Waals surface area contributed by atoms with Crippen LogP contribution in [0.15, 0.2) is 16.6 Å². The van der Waals surface area contributed by atoms with Gasteiger partial charge in [0.1, 0.15) is 0 Å². The van der Waals surface area contributed by atoms with Gasteiger partial charge in [-0.05, 0) is 22.0 Å². The molecule has 0 bridgehead atoms. The van der Waals surface area contributed by atoms with Crippen LogP contribution in [-0.2, 0) is 0 Å². The summed E-state index contributed by atoms with van der Waals surface area (Å²) in [6.45, 7) is 0. The normalized spacial score (nSPS) is 10.6. The fourth-order valence-corrected chi connectivity index (χ4v) is 1.37. The van der Waals surface area contributed by atoms with E-state index in [1.165, 1.54) is 0 Å². The van der Waals surface area contributed by atoms with Crippen molar-refractivity contribution >= 4 is 21.6 Å². The van der Waals surface area contributed by atoms with E-state index in [2.05, 4.69) is 15.9 Å². The van der Waals surface area contributed by atoms with E-state index < -0.39 is 32.9 Å². The number of benzene rings is 1. The van der Waals surface area contributed by atoms with Crippen LogP contribution in [0, 0.1) is 15.9 Å². The molecular weight excluding hydrogens is 267 g/mol. The molecule has 0 saturated heterocycles. The number of halogens is 4. The maximum Gasteiger partial charge on any atom is 0.305 e. The van der Waals surface area contributed by atoms with E-state index in [9.17, 15) is 23.3 Å². The molecule has 0 aliphatic rings. The van der Waals surface area contributed by atoms with Crippen molar-refractivity contribution in [3.63, 3.8) is 0 Å². The van der Waals surface area contributed by atoms with Crippen molar-refractivity contribution in [3.05, 3.63) is 38.1 Å². The van der Waals surface area contributed by atoms with E-state index in [4.69, 9.17) is 0 Å². The minimum Gasteiger partial charge on any atom is -0.258 e. The van der Waals surface area contributed by atoms with E-state index in [-0.39, 0.29) is 0 Å². The van der Waals surface area contributed by atoms with Crippen LogP contribution in [0.3, 0.4) is 0 Å². The lowest BCUT2D eigenvalue weighted by Crippen LogP contribution is -1.96. The van der Waals surface area contributed by atoms with Crippen molar-refractivity contribution in [2.24, 2.45) is 0 Å². The average molecular weight is 270 g/mol. The summed E-state index contributed by atoms with van der Waals surface area (Å²) in [5, 5.41) is 10.2. The SMILES string of the molecule is O=[N+]([O-])c1ccc(C(F)F)c(Br)c1F. The molecular formula is C7H3BrF3NO2. The average Bonchev–Trinajstić information content (AvgIpc) is 2.08. The molecule has 0 atom stereocenters. The second kappa shape index (κ2) is 3.95. The van der Waals surface area contributed by atoms with E-state index >= 15 is 0 Å². The fourth-order valence-electron chi connectivity index (χ4n) is 0.864. The Hall–Kier alpha value is -1.11. The molecule has 0 unspecified atom stereocenters. The van der Waals surface area contributed by atoms with Gasteiger partial charge in [0.15, 0.2) is 0 Å².